The Hall–Kier alpha value is -2.52. The highest BCUT2D eigenvalue weighted by Gasteiger charge is 2.36. The molecule has 0 aliphatic carbocycles. The summed E-state index contributed by atoms with van der Waals surface area (Å²) in [5.41, 5.74) is 0.0439. The van der Waals surface area contributed by atoms with E-state index in [0.717, 1.165) is 24.5 Å². The second-order valence-electron chi connectivity index (χ2n) is 6.48. The summed E-state index contributed by atoms with van der Waals surface area (Å²) in [7, 11) is 0. The van der Waals surface area contributed by atoms with Gasteiger partial charge >= 0.3 is 6.18 Å². The van der Waals surface area contributed by atoms with Crippen molar-refractivity contribution in [2.75, 3.05) is 25.1 Å². The number of halogens is 3. The number of benzene rings is 2. The van der Waals surface area contributed by atoms with Crippen molar-refractivity contribution >= 4 is 5.69 Å². The molecule has 3 nitrogen and oxygen atoms in total. The summed E-state index contributed by atoms with van der Waals surface area (Å²) < 4.78 is 44.9. The van der Waals surface area contributed by atoms with Crippen LogP contribution < -0.4 is 5.32 Å². The van der Waals surface area contributed by atoms with Gasteiger partial charge in [-0.25, -0.2) is 0 Å². The predicted molar refractivity (Wildman–Crippen MR) is 92.8 cm³/mol. The van der Waals surface area contributed by atoms with Gasteiger partial charge in [-0.05, 0) is 36.6 Å². The van der Waals surface area contributed by atoms with Crippen molar-refractivity contribution in [3.8, 4) is 6.07 Å². The molecule has 2 aromatic rings. The number of alkyl halides is 3. The molecule has 0 unspecified atom stereocenters. The van der Waals surface area contributed by atoms with Crippen LogP contribution in [0.2, 0.25) is 0 Å². The van der Waals surface area contributed by atoms with Gasteiger partial charge in [0.15, 0.2) is 0 Å². The lowest BCUT2D eigenvalue weighted by Gasteiger charge is -2.38. The molecule has 0 atom stereocenters. The van der Waals surface area contributed by atoms with Gasteiger partial charge in [0.2, 0.25) is 0 Å². The minimum Gasteiger partial charge on any atom is -0.384 e. The van der Waals surface area contributed by atoms with Gasteiger partial charge in [-0.15, -0.1) is 0 Å². The van der Waals surface area contributed by atoms with Crippen molar-refractivity contribution in [3.05, 3.63) is 65.2 Å². The maximum absolute atomic E-state index is 13.2. The van der Waals surface area contributed by atoms with E-state index in [0.29, 0.717) is 25.4 Å². The molecule has 2 aromatic carbocycles. The van der Waals surface area contributed by atoms with Crippen molar-refractivity contribution in [3.63, 3.8) is 0 Å². The smallest absolute Gasteiger partial charge is 0.384 e. The van der Waals surface area contributed by atoms with Crippen LogP contribution in [0.25, 0.3) is 0 Å². The molecule has 0 aromatic heterocycles. The standard InChI is InChI=1S/C20H19F3N2O/c21-20(22,23)18-12-17(7-6-15(18)13-24)25-14-19(8-10-26-11-9-19)16-4-2-1-3-5-16/h1-7,12,25H,8-11,14H2. The number of nitriles is 1. The quantitative estimate of drug-likeness (QED) is 0.857. The summed E-state index contributed by atoms with van der Waals surface area (Å²) in [6, 6.07) is 15.3. The van der Waals surface area contributed by atoms with E-state index in [1.54, 1.807) is 6.07 Å². The molecule has 0 amide bonds. The predicted octanol–water partition coefficient (Wildman–Crippen LogP) is 4.74. The van der Waals surface area contributed by atoms with Gasteiger partial charge in [0, 0.05) is 30.9 Å². The third-order valence-corrected chi connectivity index (χ3v) is 4.91. The van der Waals surface area contributed by atoms with E-state index in [-0.39, 0.29) is 11.0 Å². The summed E-state index contributed by atoms with van der Waals surface area (Å²) in [5.74, 6) is 0. The van der Waals surface area contributed by atoms with E-state index in [1.807, 2.05) is 30.3 Å². The Kier molecular flexibility index (Phi) is 5.19. The summed E-state index contributed by atoms with van der Waals surface area (Å²) in [6.07, 6.45) is -2.96. The Morgan fingerprint density at radius 2 is 1.77 bits per heavy atom. The Morgan fingerprint density at radius 1 is 1.08 bits per heavy atom. The van der Waals surface area contributed by atoms with Gasteiger partial charge in [0.05, 0.1) is 17.2 Å². The molecule has 1 saturated heterocycles. The third kappa shape index (κ3) is 3.83. The second-order valence-corrected chi connectivity index (χ2v) is 6.48. The van der Waals surface area contributed by atoms with Crippen molar-refractivity contribution in [1.29, 1.82) is 5.26 Å². The molecule has 6 heteroatoms. The van der Waals surface area contributed by atoms with E-state index in [4.69, 9.17) is 10.00 Å². The van der Waals surface area contributed by atoms with Crippen LogP contribution >= 0.6 is 0 Å². The third-order valence-electron chi connectivity index (χ3n) is 4.91. The zero-order valence-electron chi connectivity index (χ0n) is 14.1. The van der Waals surface area contributed by atoms with E-state index in [9.17, 15) is 13.2 Å². The molecule has 3 rings (SSSR count). The molecule has 1 heterocycles. The number of nitrogens with one attached hydrogen (secondary N) is 1. The maximum Gasteiger partial charge on any atom is 0.417 e. The molecular formula is C20H19F3N2O. The first kappa shape index (κ1) is 18.3. The molecule has 1 aliphatic rings. The lowest BCUT2D eigenvalue weighted by Crippen LogP contribution is -2.40. The zero-order chi connectivity index (χ0) is 18.6. The molecule has 0 spiro atoms. The molecule has 26 heavy (non-hydrogen) atoms. The number of rotatable bonds is 4. The average molecular weight is 360 g/mol. The highest BCUT2D eigenvalue weighted by atomic mass is 19.4. The molecule has 136 valence electrons. The van der Waals surface area contributed by atoms with Crippen LogP contribution in [-0.4, -0.2) is 19.8 Å². The molecule has 1 fully saturated rings. The molecular weight excluding hydrogens is 341 g/mol. The highest BCUT2D eigenvalue weighted by molar-refractivity contribution is 5.53. The fourth-order valence-electron chi connectivity index (χ4n) is 3.38. The van der Waals surface area contributed by atoms with Gasteiger partial charge in [0.25, 0.3) is 0 Å². The summed E-state index contributed by atoms with van der Waals surface area (Å²) >= 11 is 0. The summed E-state index contributed by atoms with van der Waals surface area (Å²) in [5, 5.41) is 12.1. The van der Waals surface area contributed by atoms with Gasteiger partial charge in [-0.1, -0.05) is 30.3 Å². The molecule has 1 aliphatic heterocycles. The van der Waals surface area contributed by atoms with Crippen LogP contribution in [0.15, 0.2) is 48.5 Å². The fourth-order valence-corrected chi connectivity index (χ4v) is 3.38. The van der Waals surface area contributed by atoms with Crippen LogP contribution in [0, 0.1) is 11.3 Å². The lowest BCUT2D eigenvalue weighted by atomic mass is 9.74. The first-order chi connectivity index (χ1) is 12.4. The van der Waals surface area contributed by atoms with Crippen LogP contribution in [0.4, 0.5) is 18.9 Å². The highest BCUT2D eigenvalue weighted by Crippen LogP contribution is 2.37. The number of ether oxygens (including phenoxy) is 1. The zero-order valence-corrected chi connectivity index (χ0v) is 14.1. The first-order valence-electron chi connectivity index (χ1n) is 8.43. The Labute approximate surface area is 150 Å². The van der Waals surface area contributed by atoms with Gasteiger partial charge in [-0.3, -0.25) is 0 Å². The fraction of sp³-hybridized carbons (Fsp3) is 0.350. The summed E-state index contributed by atoms with van der Waals surface area (Å²) in [4.78, 5) is 0. The van der Waals surface area contributed by atoms with Crippen molar-refractivity contribution in [2.45, 2.75) is 24.4 Å². The normalized spacial score (nSPS) is 16.7. The number of nitrogens with zero attached hydrogens (tertiary/aromatic N) is 1. The van der Waals surface area contributed by atoms with Crippen molar-refractivity contribution in [1.82, 2.24) is 0 Å². The van der Waals surface area contributed by atoms with Crippen LogP contribution in [0.5, 0.6) is 0 Å². The molecule has 0 bridgehead atoms. The molecule has 1 N–H and O–H groups in total. The Bertz CT molecular complexity index is 791. The molecule has 0 saturated carbocycles. The number of anilines is 1. The van der Waals surface area contributed by atoms with Gasteiger partial charge in [0.1, 0.15) is 0 Å². The SMILES string of the molecule is N#Cc1ccc(NCC2(c3ccccc3)CCOCC2)cc1C(F)(F)F. The van der Waals surface area contributed by atoms with Crippen LogP contribution in [0.1, 0.15) is 29.5 Å². The monoisotopic (exact) mass is 360 g/mol. The van der Waals surface area contributed by atoms with Crippen LogP contribution in [-0.2, 0) is 16.3 Å². The number of hydrogen-bond donors (Lipinski definition) is 1. The Balaban J connectivity index is 1.85. The number of hydrogen-bond acceptors (Lipinski definition) is 3. The molecule has 0 radical (unpaired) electrons. The maximum atomic E-state index is 13.2. The largest absolute Gasteiger partial charge is 0.417 e. The van der Waals surface area contributed by atoms with Crippen molar-refractivity contribution < 1.29 is 17.9 Å². The average Bonchev–Trinajstić information content (AvgIpc) is 2.67. The lowest BCUT2D eigenvalue weighted by molar-refractivity contribution is -0.137. The van der Waals surface area contributed by atoms with Gasteiger partial charge in [-0.2, -0.15) is 18.4 Å². The van der Waals surface area contributed by atoms with E-state index in [2.05, 4.69) is 5.32 Å². The van der Waals surface area contributed by atoms with Gasteiger partial charge < -0.3 is 10.1 Å². The van der Waals surface area contributed by atoms with E-state index in [1.165, 1.54) is 12.1 Å². The minimum atomic E-state index is -4.56. The summed E-state index contributed by atoms with van der Waals surface area (Å²) in [6.45, 7) is 1.75. The Morgan fingerprint density at radius 3 is 2.38 bits per heavy atom. The van der Waals surface area contributed by atoms with E-state index >= 15 is 0 Å². The second kappa shape index (κ2) is 7.38. The topological polar surface area (TPSA) is 45.0 Å². The van der Waals surface area contributed by atoms with Crippen LogP contribution in [0.3, 0.4) is 0 Å². The van der Waals surface area contributed by atoms with E-state index < -0.39 is 11.7 Å². The minimum absolute atomic E-state index is 0.189. The first-order valence-corrected chi connectivity index (χ1v) is 8.43. The van der Waals surface area contributed by atoms with Crippen molar-refractivity contribution in [2.24, 2.45) is 0 Å².